The fraction of sp³-hybridized carbons (Fsp3) is 0.600. The Balaban J connectivity index is 1.70. The zero-order valence-electron chi connectivity index (χ0n) is 17.8. The molecule has 2 nitrogen and oxygen atoms in total. The topological polar surface area (TPSA) is 25.8 Å². The van der Waals surface area contributed by atoms with E-state index in [1.54, 1.807) is 6.92 Å². The zero-order valence-corrected chi connectivity index (χ0v) is 17.8. The lowest BCUT2D eigenvalue weighted by atomic mass is 10.0. The maximum Gasteiger partial charge on any atom is 0.159 e. The number of aromatic nitrogens is 2. The van der Waals surface area contributed by atoms with E-state index < -0.39 is 6.17 Å². The van der Waals surface area contributed by atoms with Gasteiger partial charge in [-0.15, -0.1) is 0 Å². The average molecular weight is 385 g/mol. The molecule has 1 aromatic carbocycles. The van der Waals surface area contributed by atoms with E-state index in [1.807, 2.05) is 12.4 Å². The van der Waals surface area contributed by atoms with Crippen LogP contribution in [0.15, 0.2) is 36.7 Å². The second-order valence-corrected chi connectivity index (χ2v) is 8.01. The molecule has 0 saturated carbocycles. The van der Waals surface area contributed by atoms with E-state index in [1.165, 1.54) is 56.9 Å². The third-order valence-electron chi connectivity index (χ3n) is 5.30. The summed E-state index contributed by atoms with van der Waals surface area (Å²) in [4.78, 5) is 8.98. The molecule has 1 unspecified atom stereocenters. The normalized spacial score (nSPS) is 12.2. The minimum absolute atomic E-state index is 0.599. The first-order valence-corrected chi connectivity index (χ1v) is 11.2. The van der Waals surface area contributed by atoms with E-state index >= 15 is 0 Å². The molecule has 0 bridgehead atoms. The first kappa shape index (κ1) is 22.5. The highest BCUT2D eigenvalue weighted by atomic mass is 19.1. The van der Waals surface area contributed by atoms with Gasteiger partial charge in [0.05, 0.1) is 6.17 Å². The molecule has 154 valence electrons. The molecule has 0 amide bonds. The summed E-state index contributed by atoms with van der Waals surface area (Å²) in [7, 11) is 0. The van der Waals surface area contributed by atoms with E-state index in [0.29, 0.717) is 6.42 Å². The number of hydrogen-bond donors (Lipinski definition) is 0. The number of halogens is 1. The van der Waals surface area contributed by atoms with Crippen molar-refractivity contribution in [3.63, 3.8) is 0 Å². The SMILES string of the molecule is CCCCCCCCCCc1ccc(-c2ncc(CCCC(C)F)cn2)cc1. The number of nitrogens with zero attached hydrogens (tertiary/aromatic N) is 2. The summed E-state index contributed by atoms with van der Waals surface area (Å²) >= 11 is 0. The number of alkyl halides is 1. The summed E-state index contributed by atoms with van der Waals surface area (Å²) in [5, 5.41) is 0. The smallest absolute Gasteiger partial charge is 0.159 e. The van der Waals surface area contributed by atoms with Crippen LogP contribution in [-0.4, -0.2) is 16.1 Å². The van der Waals surface area contributed by atoms with Crippen LogP contribution in [0.2, 0.25) is 0 Å². The van der Waals surface area contributed by atoms with Crippen LogP contribution in [0.1, 0.15) is 89.2 Å². The molecule has 0 spiro atoms. The van der Waals surface area contributed by atoms with Gasteiger partial charge in [0.2, 0.25) is 0 Å². The predicted molar refractivity (Wildman–Crippen MR) is 117 cm³/mol. The maximum atomic E-state index is 12.9. The summed E-state index contributed by atoms with van der Waals surface area (Å²) < 4.78 is 12.9. The highest BCUT2D eigenvalue weighted by molar-refractivity contribution is 5.55. The van der Waals surface area contributed by atoms with Crippen molar-refractivity contribution in [3.8, 4) is 11.4 Å². The molecule has 3 heteroatoms. The lowest BCUT2D eigenvalue weighted by molar-refractivity contribution is 0.334. The van der Waals surface area contributed by atoms with Crippen molar-refractivity contribution >= 4 is 0 Å². The van der Waals surface area contributed by atoms with Crippen molar-refractivity contribution in [3.05, 3.63) is 47.8 Å². The van der Waals surface area contributed by atoms with Crippen LogP contribution >= 0.6 is 0 Å². The minimum Gasteiger partial charge on any atom is -0.248 e. The molecule has 0 fully saturated rings. The molecule has 0 saturated heterocycles. The Bertz CT molecular complexity index is 635. The molecular weight excluding hydrogens is 347 g/mol. The van der Waals surface area contributed by atoms with E-state index in [0.717, 1.165) is 36.2 Å². The van der Waals surface area contributed by atoms with E-state index in [4.69, 9.17) is 0 Å². The summed E-state index contributed by atoms with van der Waals surface area (Å²) in [5.41, 5.74) is 3.53. The van der Waals surface area contributed by atoms with Gasteiger partial charge in [0, 0.05) is 18.0 Å². The molecule has 2 rings (SSSR count). The van der Waals surface area contributed by atoms with Gasteiger partial charge in [-0.2, -0.15) is 0 Å². The quantitative estimate of drug-likeness (QED) is 0.315. The second kappa shape index (κ2) is 13.4. The molecule has 0 aliphatic heterocycles. The molecule has 1 atom stereocenters. The van der Waals surface area contributed by atoms with Crippen LogP contribution in [0.5, 0.6) is 0 Å². The molecule has 0 radical (unpaired) electrons. The number of benzene rings is 1. The summed E-state index contributed by atoms with van der Waals surface area (Å²) in [6.07, 6.45) is 17.3. The van der Waals surface area contributed by atoms with Crippen molar-refractivity contribution in [2.75, 3.05) is 0 Å². The number of rotatable bonds is 14. The first-order valence-electron chi connectivity index (χ1n) is 11.2. The molecule has 1 heterocycles. The molecule has 2 aromatic rings. The molecule has 28 heavy (non-hydrogen) atoms. The van der Waals surface area contributed by atoms with Crippen molar-refractivity contribution in [1.82, 2.24) is 9.97 Å². The Hall–Kier alpha value is -1.77. The minimum atomic E-state index is -0.732. The van der Waals surface area contributed by atoms with E-state index in [2.05, 4.69) is 41.2 Å². The van der Waals surface area contributed by atoms with Crippen LogP contribution in [-0.2, 0) is 12.8 Å². The zero-order chi connectivity index (χ0) is 20.0. The molecule has 0 aliphatic rings. The lowest BCUT2D eigenvalue weighted by Gasteiger charge is -2.06. The predicted octanol–water partition coefficient (Wildman–Crippen LogP) is 7.51. The van der Waals surface area contributed by atoms with Gasteiger partial charge >= 0.3 is 0 Å². The Morgan fingerprint density at radius 1 is 0.750 bits per heavy atom. The summed E-state index contributed by atoms with van der Waals surface area (Å²) in [6.45, 7) is 3.88. The highest BCUT2D eigenvalue weighted by Crippen LogP contribution is 2.18. The van der Waals surface area contributed by atoms with Gasteiger partial charge in [0.25, 0.3) is 0 Å². The number of hydrogen-bond acceptors (Lipinski definition) is 2. The Kier molecular flexibility index (Phi) is 10.8. The third kappa shape index (κ3) is 8.95. The van der Waals surface area contributed by atoms with Crippen LogP contribution in [0.25, 0.3) is 11.4 Å². The van der Waals surface area contributed by atoms with Gasteiger partial charge in [-0.25, -0.2) is 14.4 Å². The lowest BCUT2D eigenvalue weighted by Crippen LogP contribution is -1.96. The van der Waals surface area contributed by atoms with Crippen molar-refractivity contribution in [2.24, 2.45) is 0 Å². The van der Waals surface area contributed by atoms with Gasteiger partial charge in [-0.1, -0.05) is 76.1 Å². The molecular formula is C25H37FN2. The molecule has 1 aromatic heterocycles. The molecule has 0 aliphatic carbocycles. The Morgan fingerprint density at radius 3 is 1.93 bits per heavy atom. The van der Waals surface area contributed by atoms with Gasteiger partial charge < -0.3 is 0 Å². The number of aryl methyl sites for hydroxylation is 2. The maximum absolute atomic E-state index is 12.9. The largest absolute Gasteiger partial charge is 0.248 e. The van der Waals surface area contributed by atoms with Crippen molar-refractivity contribution in [2.45, 2.75) is 97.1 Å². The summed E-state index contributed by atoms with van der Waals surface area (Å²) in [6, 6.07) is 8.66. The van der Waals surface area contributed by atoms with E-state index in [-0.39, 0.29) is 0 Å². The van der Waals surface area contributed by atoms with Crippen LogP contribution < -0.4 is 0 Å². The molecule has 0 N–H and O–H groups in total. The van der Waals surface area contributed by atoms with Gasteiger partial charge in [0.1, 0.15) is 0 Å². The van der Waals surface area contributed by atoms with Crippen LogP contribution in [0.3, 0.4) is 0 Å². The standard InChI is InChI=1S/C25H37FN2/c1-3-4-5-6-7-8-9-10-13-22-15-17-24(18-16-22)25-27-19-23(20-28-25)14-11-12-21(2)26/h15-21H,3-14H2,1-2H3. The van der Waals surface area contributed by atoms with Gasteiger partial charge in [-0.3, -0.25) is 0 Å². The van der Waals surface area contributed by atoms with Crippen LogP contribution in [0.4, 0.5) is 4.39 Å². The fourth-order valence-corrected chi connectivity index (χ4v) is 3.50. The fourth-order valence-electron chi connectivity index (χ4n) is 3.50. The Labute approximate surface area is 171 Å². The van der Waals surface area contributed by atoms with E-state index in [9.17, 15) is 4.39 Å². The monoisotopic (exact) mass is 384 g/mol. The third-order valence-corrected chi connectivity index (χ3v) is 5.30. The van der Waals surface area contributed by atoms with Crippen molar-refractivity contribution in [1.29, 1.82) is 0 Å². The average Bonchev–Trinajstić information content (AvgIpc) is 2.71. The van der Waals surface area contributed by atoms with Crippen LogP contribution in [0, 0.1) is 0 Å². The van der Waals surface area contributed by atoms with Crippen molar-refractivity contribution < 1.29 is 4.39 Å². The highest BCUT2D eigenvalue weighted by Gasteiger charge is 2.04. The second-order valence-electron chi connectivity index (χ2n) is 8.01. The Morgan fingerprint density at radius 2 is 1.32 bits per heavy atom. The van der Waals surface area contributed by atoms with Gasteiger partial charge in [-0.05, 0) is 50.2 Å². The van der Waals surface area contributed by atoms with Gasteiger partial charge in [0.15, 0.2) is 5.82 Å². The summed E-state index contributed by atoms with van der Waals surface area (Å²) in [5.74, 6) is 0.765. The number of unbranched alkanes of at least 4 members (excludes halogenated alkanes) is 7. The first-order chi connectivity index (χ1) is 13.7.